The van der Waals surface area contributed by atoms with E-state index in [9.17, 15) is 53.7 Å². The highest BCUT2D eigenvalue weighted by Crippen LogP contribution is 2.38. The maximum absolute atomic E-state index is 14.0. The van der Waals surface area contributed by atoms with Gasteiger partial charge in [-0.1, -0.05) is 27.7 Å². The molecule has 1 heterocycles. The lowest BCUT2D eigenvalue weighted by molar-refractivity contribution is -0.139. The molecule has 0 aromatic heterocycles. The van der Waals surface area contributed by atoms with Crippen LogP contribution >= 0.6 is 0 Å². The number of carbonyl (C=O) groups is 8. The lowest BCUT2D eigenvalue weighted by atomic mass is 9.74. The van der Waals surface area contributed by atoms with Crippen LogP contribution in [0, 0.1) is 11.8 Å². The van der Waals surface area contributed by atoms with Crippen molar-refractivity contribution in [3.63, 3.8) is 0 Å². The number of aliphatic hydroxyl groups excluding tert-OH is 1. The van der Waals surface area contributed by atoms with Crippen LogP contribution in [-0.2, 0) is 47.7 Å². The first-order valence-electron chi connectivity index (χ1n) is 20.7. The minimum Gasteiger partial charge on any atom is -0.481 e. The Hall–Kier alpha value is -4.34. The molecule has 1 fully saturated rings. The Bertz CT molecular complexity index is 1480. The molecule has 21 heteroatoms. The molecule has 0 aromatic rings. The first-order valence-corrected chi connectivity index (χ1v) is 20.7. The normalized spacial score (nSPS) is 17.9. The number of carbonyl (C=O) groups excluding carboxylic acids is 6. The van der Waals surface area contributed by atoms with Crippen LogP contribution < -0.4 is 37.6 Å². The van der Waals surface area contributed by atoms with E-state index in [1.807, 2.05) is 41.5 Å². The predicted molar refractivity (Wildman–Crippen MR) is 221 cm³/mol. The van der Waals surface area contributed by atoms with Crippen LogP contribution in [0.4, 0.5) is 0 Å². The van der Waals surface area contributed by atoms with E-state index < -0.39 is 127 Å². The third kappa shape index (κ3) is 18.5. The Kier molecular flexibility index (Phi) is 22.2. The third-order valence-electron chi connectivity index (χ3n) is 10.3. The lowest BCUT2D eigenvalue weighted by Gasteiger charge is -2.32. The van der Waals surface area contributed by atoms with E-state index in [0.717, 1.165) is 6.92 Å². The summed E-state index contributed by atoms with van der Waals surface area (Å²) in [6, 6.07) is -6.93. The Labute approximate surface area is 353 Å². The van der Waals surface area contributed by atoms with E-state index >= 15 is 0 Å². The van der Waals surface area contributed by atoms with Crippen molar-refractivity contribution in [2.24, 2.45) is 17.6 Å². The number of rotatable bonds is 27. The van der Waals surface area contributed by atoms with Crippen LogP contribution in [0.5, 0.6) is 0 Å². The fourth-order valence-electron chi connectivity index (χ4n) is 6.32. The van der Waals surface area contributed by atoms with Gasteiger partial charge in [0.25, 0.3) is 0 Å². The van der Waals surface area contributed by atoms with Gasteiger partial charge in [-0.05, 0) is 97.9 Å². The standard InChI is InChI=1S/C39H70BN7O13/c1-21(2)19-28(46-34(55)26(14-16-30(50)51)45-37(58)32(23(5)48)42-24(6)49)36(57)43-25(13-11-12-18-41)33(54)44-27(15-17-31(52)53)35(56)47-29(20-22(3)4)40-59-38(7,8)39(9,10)60-40/h21-23,25-29,32,48H,11-20,41H2,1-10H3,(H,42,49)(H,43,57)(H,44,54)(H,45,58)(H,46,55)(H,47,56)(H,50,51)(H,52,53)/t23?,25-,26-,27-,28-,29?,32-/m0/s1. The molecule has 342 valence electrons. The van der Waals surface area contributed by atoms with E-state index in [1.165, 1.54) is 6.92 Å². The number of aliphatic carboxylic acids is 2. The second-order valence-electron chi connectivity index (χ2n) is 17.3. The van der Waals surface area contributed by atoms with Gasteiger partial charge < -0.3 is 62.3 Å². The molecule has 0 spiro atoms. The molecule has 0 radical (unpaired) electrons. The average molecular weight is 856 g/mol. The molecule has 11 N–H and O–H groups in total. The van der Waals surface area contributed by atoms with Crippen molar-refractivity contribution >= 4 is 54.5 Å². The van der Waals surface area contributed by atoms with Crippen molar-refractivity contribution in [2.45, 2.75) is 180 Å². The van der Waals surface area contributed by atoms with Gasteiger partial charge in [-0.2, -0.15) is 0 Å². The van der Waals surface area contributed by atoms with Crippen molar-refractivity contribution in [3.8, 4) is 0 Å². The van der Waals surface area contributed by atoms with Crippen molar-refractivity contribution in [2.75, 3.05) is 6.54 Å². The highest BCUT2D eigenvalue weighted by Gasteiger charge is 2.54. The highest BCUT2D eigenvalue weighted by molar-refractivity contribution is 6.48. The predicted octanol–water partition coefficient (Wildman–Crippen LogP) is -0.122. The Morgan fingerprint density at radius 2 is 0.983 bits per heavy atom. The van der Waals surface area contributed by atoms with Crippen LogP contribution in [0.1, 0.15) is 127 Å². The summed E-state index contributed by atoms with van der Waals surface area (Å²) < 4.78 is 12.4. The van der Waals surface area contributed by atoms with Gasteiger partial charge in [-0.25, -0.2) is 0 Å². The number of hydrogen-bond donors (Lipinski definition) is 10. The van der Waals surface area contributed by atoms with Crippen LogP contribution in [0.2, 0.25) is 0 Å². The topological polar surface area (TPSA) is 314 Å². The Morgan fingerprint density at radius 3 is 1.38 bits per heavy atom. The zero-order chi connectivity index (χ0) is 46.1. The van der Waals surface area contributed by atoms with Gasteiger partial charge in [0.05, 0.1) is 23.2 Å². The van der Waals surface area contributed by atoms with E-state index in [2.05, 4.69) is 31.9 Å². The second-order valence-corrected chi connectivity index (χ2v) is 17.3. The Morgan fingerprint density at radius 1 is 0.583 bits per heavy atom. The quantitative estimate of drug-likeness (QED) is 0.0381. The molecule has 1 aliphatic rings. The maximum atomic E-state index is 14.0. The molecule has 1 aliphatic heterocycles. The van der Waals surface area contributed by atoms with Crippen LogP contribution in [0.15, 0.2) is 0 Å². The molecule has 0 aromatic carbocycles. The molecule has 0 aliphatic carbocycles. The van der Waals surface area contributed by atoms with E-state index in [-0.39, 0.29) is 37.6 Å². The summed E-state index contributed by atoms with van der Waals surface area (Å²) in [5, 5.41) is 44.3. The van der Waals surface area contributed by atoms with E-state index in [4.69, 9.17) is 15.0 Å². The lowest BCUT2D eigenvalue weighted by Crippen LogP contribution is -2.60. The first kappa shape index (κ1) is 53.7. The van der Waals surface area contributed by atoms with Crippen LogP contribution in [0.25, 0.3) is 0 Å². The largest absolute Gasteiger partial charge is 0.481 e. The van der Waals surface area contributed by atoms with Crippen molar-refractivity contribution in [1.29, 1.82) is 0 Å². The summed E-state index contributed by atoms with van der Waals surface area (Å²) >= 11 is 0. The summed E-state index contributed by atoms with van der Waals surface area (Å²) in [5.41, 5.74) is 4.29. The average Bonchev–Trinajstić information content (AvgIpc) is 3.34. The number of carboxylic acids is 2. The van der Waals surface area contributed by atoms with Gasteiger partial charge >= 0.3 is 19.1 Å². The molecular formula is C39H70BN7O13. The fourth-order valence-corrected chi connectivity index (χ4v) is 6.32. The van der Waals surface area contributed by atoms with Gasteiger partial charge in [0.15, 0.2) is 0 Å². The first-order chi connectivity index (χ1) is 27.7. The molecule has 60 heavy (non-hydrogen) atoms. The number of amides is 6. The molecule has 0 saturated carbocycles. The smallest absolute Gasteiger partial charge is 0.481 e. The summed E-state index contributed by atoms with van der Waals surface area (Å²) in [7, 11) is -0.845. The second kappa shape index (κ2) is 24.8. The molecule has 2 unspecified atom stereocenters. The summed E-state index contributed by atoms with van der Waals surface area (Å²) in [4.78, 5) is 103. The van der Waals surface area contributed by atoms with Crippen molar-refractivity contribution in [3.05, 3.63) is 0 Å². The van der Waals surface area contributed by atoms with Crippen molar-refractivity contribution in [1.82, 2.24) is 31.9 Å². The minimum atomic E-state index is -1.51. The number of unbranched alkanes of at least 4 members (excludes halogenated alkanes) is 1. The summed E-state index contributed by atoms with van der Waals surface area (Å²) in [6.45, 7) is 17.5. The summed E-state index contributed by atoms with van der Waals surface area (Å²) in [6.07, 6.45) is -1.77. The number of carboxylic acid groups (broad SMARTS) is 2. The zero-order valence-corrected chi connectivity index (χ0v) is 36.8. The number of aliphatic hydroxyl groups is 1. The number of nitrogens with two attached hydrogens (primary N) is 1. The van der Waals surface area contributed by atoms with Gasteiger partial charge in [0.2, 0.25) is 35.4 Å². The van der Waals surface area contributed by atoms with E-state index in [1.54, 1.807) is 13.8 Å². The molecule has 1 saturated heterocycles. The number of hydrogen-bond acceptors (Lipinski definition) is 12. The monoisotopic (exact) mass is 856 g/mol. The van der Waals surface area contributed by atoms with Gasteiger partial charge in [0, 0.05) is 19.8 Å². The number of nitrogens with one attached hydrogen (secondary N) is 6. The fraction of sp³-hybridized carbons (Fsp3) is 0.795. The SMILES string of the molecule is CC(=O)N[C@H](C(=O)N[C@@H](CCC(=O)O)C(=O)N[C@@H](CC(C)C)C(=O)N[C@@H](CCCCN)C(=O)N[C@@H](CCC(=O)O)C(=O)NC(CC(C)C)B1OC(C)(C)C(C)(C)O1)C(C)O. The minimum absolute atomic E-state index is 0.0380. The highest BCUT2D eigenvalue weighted by atomic mass is 16.7. The van der Waals surface area contributed by atoms with Crippen LogP contribution in [0.3, 0.4) is 0 Å². The van der Waals surface area contributed by atoms with E-state index in [0.29, 0.717) is 19.3 Å². The van der Waals surface area contributed by atoms with Crippen molar-refractivity contribution < 1.29 is 63.0 Å². The van der Waals surface area contributed by atoms with Gasteiger partial charge in [-0.3, -0.25) is 38.4 Å². The third-order valence-corrected chi connectivity index (χ3v) is 10.3. The summed E-state index contributed by atoms with van der Waals surface area (Å²) in [5.74, 6) is -8.14. The Balaban J connectivity index is 3.42. The molecule has 1 rings (SSSR count). The molecule has 7 atom stereocenters. The van der Waals surface area contributed by atoms with Crippen LogP contribution in [-0.4, -0.2) is 130 Å². The molecular weight excluding hydrogens is 785 g/mol. The molecule has 0 bridgehead atoms. The molecule has 6 amide bonds. The van der Waals surface area contributed by atoms with Gasteiger partial charge in [-0.15, -0.1) is 0 Å². The maximum Gasteiger partial charge on any atom is 0.481 e. The molecule has 20 nitrogen and oxygen atoms in total. The zero-order valence-electron chi connectivity index (χ0n) is 36.8. The van der Waals surface area contributed by atoms with Gasteiger partial charge in [0.1, 0.15) is 30.2 Å².